The van der Waals surface area contributed by atoms with E-state index in [1.54, 1.807) is 0 Å². The second-order valence-corrected chi connectivity index (χ2v) is 7.38. The van der Waals surface area contributed by atoms with Crippen molar-refractivity contribution in [2.75, 3.05) is 6.61 Å². The molecule has 0 radical (unpaired) electrons. The summed E-state index contributed by atoms with van der Waals surface area (Å²) in [6, 6.07) is 14.2. The number of alkyl carbamates (subject to hydrolysis) is 1. The highest BCUT2D eigenvalue weighted by Gasteiger charge is 2.30. The maximum Gasteiger partial charge on any atom is 0.407 e. The van der Waals surface area contributed by atoms with E-state index in [-0.39, 0.29) is 12.5 Å². The monoisotopic (exact) mass is 410 g/mol. The van der Waals surface area contributed by atoms with Crippen LogP contribution in [0.2, 0.25) is 0 Å². The standard InChI is InChI=1S/C23H26N2O5/c1-3-8-20(21(26)24-14(2)22(27)28)25-23(29)30-13-19-17-11-6-4-9-15(17)16-10-5-7-12-18(16)19/h4-7,9-12,14,19-20H,3,8,13H2,1-2H3,(H,24,26)(H,25,29)(H,27,28)/t14-,20-/m0/s1. The molecule has 2 aromatic rings. The third kappa shape index (κ3) is 4.62. The van der Waals surface area contributed by atoms with Crippen LogP contribution in [0.1, 0.15) is 43.7 Å². The molecule has 0 fully saturated rings. The predicted octanol–water partition coefficient (Wildman–Crippen LogP) is 3.28. The van der Waals surface area contributed by atoms with Gasteiger partial charge in [0.1, 0.15) is 18.7 Å². The smallest absolute Gasteiger partial charge is 0.407 e. The van der Waals surface area contributed by atoms with Gasteiger partial charge in [0.2, 0.25) is 5.91 Å². The molecule has 2 amide bonds. The lowest BCUT2D eigenvalue weighted by Crippen LogP contribution is -2.50. The Labute approximate surface area is 175 Å². The van der Waals surface area contributed by atoms with Crippen LogP contribution in [-0.4, -0.2) is 41.8 Å². The molecule has 158 valence electrons. The molecule has 0 unspecified atom stereocenters. The van der Waals surface area contributed by atoms with Crippen LogP contribution in [-0.2, 0) is 14.3 Å². The van der Waals surface area contributed by atoms with Gasteiger partial charge in [-0.2, -0.15) is 0 Å². The quantitative estimate of drug-likeness (QED) is 0.619. The molecule has 0 spiro atoms. The van der Waals surface area contributed by atoms with Gasteiger partial charge in [-0.15, -0.1) is 0 Å². The molecule has 2 atom stereocenters. The van der Waals surface area contributed by atoms with Crippen LogP contribution in [0.4, 0.5) is 4.79 Å². The lowest BCUT2D eigenvalue weighted by atomic mass is 9.98. The van der Waals surface area contributed by atoms with Gasteiger partial charge in [0.15, 0.2) is 0 Å². The molecule has 1 aliphatic rings. The maximum atomic E-state index is 12.4. The van der Waals surface area contributed by atoms with Crippen molar-refractivity contribution in [2.24, 2.45) is 0 Å². The Morgan fingerprint density at radius 3 is 2.10 bits per heavy atom. The Morgan fingerprint density at radius 1 is 1.00 bits per heavy atom. The Hall–Kier alpha value is -3.35. The predicted molar refractivity (Wildman–Crippen MR) is 112 cm³/mol. The molecule has 0 bridgehead atoms. The highest BCUT2D eigenvalue weighted by Crippen LogP contribution is 2.44. The molecule has 3 rings (SSSR count). The summed E-state index contributed by atoms with van der Waals surface area (Å²) >= 11 is 0. The van der Waals surface area contributed by atoms with Gasteiger partial charge in [-0.1, -0.05) is 61.9 Å². The molecule has 7 heteroatoms. The number of hydrogen-bond acceptors (Lipinski definition) is 4. The molecule has 0 aromatic heterocycles. The number of amides is 2. The first-order valence-corrected chi connectivity index (χ1v) is 10.1. The molecular formula is C23H26N2O5. The van der Waals surface area contributed by atoms with Crippen LogP contribution in [0.5, 0.6) is 0 Å². The Bertz CT molecular complexity index is 897. The second kappa shape index (κ2) is 9.43. The van der Waals surface area contributed by atoms with E-state index >= 15 is 0 Å². The van der Waals surface area contributed by atoms with E-state index in [2.05, 4.69) is 22.8 Å². The fourth-order valence-corrected chi connectivity index (χ4v) is 3.72. The van der Waals surface area contributed by atoms with Crippen molar-refractivity contribution < 1.29 is 24.2 Å². The fraction of sp³-hybridized carbons (Fsp3) is 0.348. The van der Waals surface area contributed by atoms with Gasteiger partial charge in [-0.25, -0.2) is 4.79 Å². The molecule has 0 aliphatic heterocycles. The van der Waals surface area contributed by atoms with Crippen molar-refractivity contribution in [3.8, 4) is 11.1 Å². The van der Waals surface area contributed by atoms with Crippen LogP contribution in [0, 0.1) is 0 Å². The molecule has 7 nitrogen and oxygen atoms in total. The largest absolute Gasteiger partial charge is 0.480 e. The number of nitrogens with one attached hydrogen (secondary N) is 2. The maximum absolute atomic E-state index is 12.4. The van der Waals surface area contributed by atoms with Crippen LogP contribution < -0.4 is 10.6 Å². The SMILES string of the molecule is CCC[C@H](NC(=O)OCC1c2ccccc2-c2ccccc21)C(=O)N[C@@H](C)C(=O)O. The van der Waals surface area contributed by atoms with Gasteiger partial charge in [0.25, 0.3) is 0 Å². The van der Waals surface area contributed by atoms with Gasteiger partial charge in [0, 0.05) is 5.92 Å². The van der Waals surface area contributed by atoms with Crippen LogP contribution in [0.3, 0.4) is 0 Å². The first-order valence-electron chi connectivity index (χ1n) is 10.1. The molecule has 3 N–H and O–H groups in total. The summed E-state index contributed by atoms with van der Waals surface area (Å²) in [6.45, 7) is 3.39. The molecule has 30 heavy (non-hydrogen) atoms. The number of hydrogen-bond donors (Lipinski definition) is 3. The number of carbonyl (C=O) groups excluding carboxylic acids is 2. The zero-order valence-electron chi connectivity index (χ0n) is 17.1. The topological polar surface area (TPSA) is 105 Å². The summed E-state index contributed by atoms with van der Waals surface area (Å²) in [5.41, 5.74) is 4.47. The van der Waals surface area contributed by atoms with E-state index in [9.17, 15) is 14.4 Å². The highest BCUT2D eigenvalue weighted by atomic mass is 16.5. The van der Waals surface area contributed by atoms with Crippen molar-refractivity contribution in [1.29, 1.82) is 0 Å². The summed E-state index contributed by atoms with van der Waals surface area (Å²) < 4.78 is 5.47. The van der Waals surface area contributed by atoms with Crippen LogP contribution >= 0.6 is 0 Å². The van der Waals surface area contributed by atoms with E-state index < -0.39 is 30.1 Å². The van der Waals surface area contributed by atoms with Crippen molar-refractivity contribution in [3.63, 3.8) is 0 Å². The van der Waals surface area contributed by atoms with E-state index in [4.69, 9.17) is 9.84 Å². The van der Waals surface area contributed by atoms with Gasteiger partial charge in [0.05, 0.1) is 0 Å². The number of aliphatic carboxylic acids is 1. The van der Waals surface area contributed by atoms with Gasteiger partial charge in [-0.05, 0) is 35.6 Å². The molecule has 0 saturated carbocycles. The minimum absolute atomic E-state index is 0.0753. The molecule has 0 heterocycles. The number of carboxylic acids is 1. The van der Waals surface area contributed by atoms with E-state index in [0.29, 0.717) is 12.8 Å². The third-order valence-corrected chi connectivity index (χ3v) is 5.26. The van der Waals surface area contributed by atoms with Gasteiger partial charge >= 0.3 is 12.1 Å². The third-order valence-electron chi connectivity index (χ3n) is 5.26. The summed E-state index contributed by atoms with van der Waals surface area (Å²) in [5.74, 6) is -1.76. The zero-order valence-corrected chi connectivity index (χ0v) is 17.1. The lowest BCUT2D eigenvalue weighted by Gasteiger charge is -2.20. The van der Waals surface area contributed by atoms with Gasteiger partial charge < -0.3 is 20.5 Å². The zero-order chi connectivity index (χ0) is 21.7. The second-order valence-electron chi connectivity index (χ2n) is 7.38. The number of carbonyl (C=O) groups is 3. The minimum atomic E-state index is -1.14. The summed E-state index contributed by atoms with van der Waals surface area (Å²) in [5, 5.41) is 13.9. The van der Waals surface area contributed by atoms with Crippen LogP contribution in [0.25, 0.3) is 11.1 Å². The minimum Gasteiger partial charge on any atom is -0.480 e. The Morgan fingerprint density at radius 2 is 1.57 bits per heavy atom. The van der Waals surface area contributed by atoms with E-state index in [0.717, 1.165) is 22.3 Å². The molecule has 2 aromatic carbocycles. The fourth-order valence-electron chi connectivity index (χ4n) is 3.72. The number of rotatable bonds is 8. The molecule has 0 saturated heterocycles. The molecular weight excluding hydrogens is 384 g/mol. The summed E-state index contributed by atoms with van der Waals surface area (Å²) in [4.78, 5) is 35.7. The van der Waals surface area contributed by atoms with E-state index in [1.807, 2.05) is 43.3 Å². The van der Waals surface area contributed by atoms with Crippen molar-refractivity contribution in [3.05, 3.63) is 59.7 Å². The number of benzene rings is 2. The summed E-state index contributed by atoms with van der Waals surface area (Å²) in [6.07, 6.45) is 0.319. The van der Waals surface area contributed by atoms with Crippen molar-refractivity contribution >= 4 is 18.0 Å². The Kier molecular flexibility index (Phi) is 6.72. The highest BCUT2D eigenvalue weighted by molar-refractivity contribution is 5.89. The molecule has 1 aliphatic carbocycles. The van der Waals surface area contributed by atoms with Crippen LogP contribution in [0.15, 0.2) is 48.5 Å². The van der Waals surface area contributed by atoms with E-state index in [1.165, 1.54) is 6.92 Å². The Balaban J connectivity index is 1.65. The lowest BCUT2D eigenvalue weighted by molar-refractivity contribution is -0.141. The first-order chi connectivity index (χ1) is 14.4. The normalized spacial score (nSPS) is 14.2. The van der Waals surface area contributed by atoms with Crippen molar-refractivity contribution in [2.45, 2.75) is 44.7 Å². The average molecular weight is 410 g/mol. The van der Waals surface area contributed by atoms with Gasteiger partial charge in [-0.3, -0.25) is 9.59 Å². The number of ether oxygens (including phenoxy) is 1. The average Bonchev–Trinajstić information content (AvgIpc) is 3.05. The first kappa shape index (κ1) is 21.4. The summed E-state index contributed by atoms with van der Waals surface area (Å²) in [7, 11) is 0. The number of carboxylic acid groups (broad SMARTS) is 1. The number of fused-ring (bicyclic) bond motifs is 3. The van der Waals surface area contributed by atoms with Crippen molar-refractivity contribution in [1.82, 2.24) is 10.6 Å².